The van der Waals surface area contributed by atoms with Crippen molar-refractivity contribution in [2.75, 3.05) is 0 Å². The molecular weight excluding hydrogens is 258 g/mol. The van der Waals surface area contributed by atoms with Gasteiger partial charge in [0.05, 0.1) is 0 Å². The lowest BCUT2D eigenvalue weighted by molar-refractivity contribution is -0.302. The molecule has 0 atom stereocenters. The lowest BCUT2D eigenvalue weighted by atomic mass is 10.2. The molecule has 0 saturated heterocycles. The smallest absolute Gasteiger partial charge is 0.428 e. The van der Waals surface area contributed by atoms with Crippen molar-refractivity contribution in [1.29, 1.82) is 0 Å². The van der Waals surface area contributed by atoms with Gasteiger partial charge in [-0.1, -0.05) is 0 Å². The molecule has 1 radical (unpaired) electrons. The molecule has 0 spiro atoms. The van der Waals surface area contributed by atoms with Crippen LogP contribution in [0.1, 0.15) is 20.8 Å². The fourth-order valence-electron chi connectivity index (χ4n) is 0.520. The molecule has 0 heterocycles. The summed E-state index contributed by atoms with van der Waals surface area (Å²) in [6.07, 6.45) is -11.5. The summed E-state index contributed by atoms with van der Waals surface area (Å²) in [5.41, 5.74) is -1.22. The highest BCUT2D eigenvalue weighted by molar-refractivity contribution is 5.61. The molecule has 0 aromatic carbocycles. The Morgan fingerprint density at radius 3 is 1.71 bits per heavy atom. The van der Waals surface area contributed by atoms with Gasteiger partial charge in [0.25, 0.3) is 0 Å². The first-order chi connectivity index (χ1) is 7.27. The van der Waals surface area contributed by atoms with Crippen LogP contribution in [0.25, 0.3) is 0 Å². The Balaban J connectivity index is 4.56. The second kappa shape index (κ2) is 4.61. The Morgan fingerprint density at radius 1 is 1.00 bits per heavy atom. The van der Waals surface area contributed by atoms with Crippen LogP contribution in [0, 0.1) is 6.36 Å². The summed E-state index contributed by atoms with van der Waals surface area (Å²) >= 11 is 0. The Bertz CT molecular complexity index is 280. The molecule has 101 valence electrons. The van der Waals surface area contributed by atoms with E-state index >= 15 is 0 Å². The van der Waals surface area contributed by atoms with Crippen molar-refractivity contribution in [2.24, 2.45) is 0 Å². The zero-order valence-corrected chi connectivity index (χ0v) is 8.99. The average molecular weight is 267 g/mol. The predicted octanol–water partition coefficient (Wildman–Crippen LogP) is 3.59. The van der Waals surface area contributed by atoms with Crippen molar-refractivity contribution in [3.05, 3.63) is 6.36 Å². The average Bonchev–Trinajstić information content (AvgIpc) is 1.97. The third-order valence-electron chi connectivity index (χ3n) is 1.17. The minimum Gasteiger partial charge on any atom is -0.428 e. The molecule has 0 aliphatic heterocycles. The van der Waals surface area contributed by atoms with Crippen LogP contribution in [-0.4, -0.2) is 23.9 Å². The summed E-state index contributed by atoms with van der Waals surface area (Å²) in [5, 5.41) is 0. The van der Waals surface area contributed by atoms with E-state index in [0.717, 1.165) is 0 Å². The maximum Gasteiger partial charge on any atom is 0.512 e. The van der Waals surface area contributed by atoms with Gasteiger partial charge in [-0.25, -0.2) is 4.79 Å². The van der Waals surface area contributed by atoms with Gasteiger partial charge in [-0.05, 0) is 20.8 Å². The van der Waals surface area contributed by atoms with Crippen molar-refractivity contribution in [3.63, 3.8) is 0 Å². The SMILES string of the molecule is CC(C)(C)OC(=O)O[C](F)C(F)(F)C(F)(F)F. The van der Waals surface area contributed by atoms with Crippen LogP contribution in [-0.2, 0) is 9.47 Å². The van der Waals surface area contributed by atoms with Crippen molar-refractivity contribution >= 4 is 6.16 Å². The first-order valence-corrected chi connectivity index (χ1v) is 4.15. The van der Waals surface area contributed by atoms with Crippen LogP contribution < -0.4 is 0 Å². The minimum atomic E-state index is -6.20. The lowest BCUT2D eigenvalue weighted by Gasteiger charge is -2.23. The molecule has 0 amide bonds. The Kier molecular flexibility index (Phi) is 4.30. The number of ether oxygens (including phenoxy) is 2. The number of hydrogen-bond acceptors (Lipinski definition) is 3. The number of alkyl halides is 5. The van der Waals surface area contributed by atoms with Crippen LogP contribution in [0.5, 0.6) is 0 Å². The Morgan fingerprint density at radius 2 is 1.41 bits per heavy atom. The fraction of sp³-hybridized carbons (Fsp3) is 0.750. The van der Waals surface area contributed by atoms with Gasteiger partial charge in [0.2, 0.25) is 0 Å². The van der Waals surface area contributed by atoms with Crippen LogP contribution >= 0.6 is 0 Å². The standard InChI is InChI=1S/C8H9F6O3/c1-6(2,3)17-5(15)16-4(9)7(10,11)8(12,13)14/h1-3H3. The first kappa shape index (κ1) is 15.9. The summed E-state index contributed by atoms with van der Waals surface area (Å²) in [6, 6.07) is 0. The quantitative estimate of drug-likeness (QED) is 0.566. The van der Waals surface area contributed by atoms with Crippen LogP contribution in [0.15, 0.2) is 0 Å². The molecule has 0 aliphatic carbocycles. The Hall–Kier alpha value is -1.15. The maximum absolute atomic E-state index is 12.4. The summed E-state index contributed by atoms with van der Waals surface area (Å²) < 4.78 is 79.1. The van der Waals surface area contributed by atoms with E-state index in [0.29, 0.717) is 0 Å². The number of carbonyl (C=O) groups excluding carboxylic acids is 1. The van der Waals surface area contributed by atoms with Gasteiger partial charge in [-0.15, -0.1) is 0 Å². The zero-order chi connectivity index (χ0) is 14.1. The number of carbonyl (C=O) groups is 1. The monoisotopic (exact) mass is 267 g/mol. The van der Waals surface area contributed by atoms with E-state index < -0.39 is 30.2 Å². The largest absolute Gasteiger partial charge is 0.512 e. The number of hydrogen-bond donors (Lipinski definition) is 0. The summed E-state index contributed by atoms with van der Waals surface area (Å²) in [4.78, 5) is 10.6. The zero-order valence-electron chi connectivity index (χ0n) is 8.99. The van der Waals surface area contributed by atoms with E-state index in [9.17, 15) is 31.1 Å². The van der Waals surface area contributed by atoms with Gasteiger partial charge >= 0.3 is 24.6 Å². The highest BCUT2D eigenvalue weighted by Crippen LogP contribution is 2.43. The topological polar surface area (TPSA) is 35.5 Å². The number of halogens is 6. The third-order valence-corrected chi connectivity index (χ3v) is 1.17. The molecule has 0 unspecified atom stereocenters. The number of rotatable bonds is 2. The minimum absolute atomic E-state index is 1.22. The van der Waals surface area contributed by atoms with Crippen LogP contribution in [0.4, 0.5) is 31.1 Å². The summed E-state index contributed by atoms with van der Waals surface area (Å²) in [6.45, 7) is 3.86. The molecule has 0 saturated carbocycles. The lowest BCUT2D eigenvalue weighted by Crippen LogP contribution is -2.42. The molecule has 17 heavy (non-hydrogen) atoms. The predicted molar refractivity (Wildman–Crippen MR) is 42.7 cm³/mol. The summed E-state index contributed by atoms with van der Waals surface area (Å²) in [5.74, 6) is -5.87. The normalized spacial score (nSPS) is 13.8. The van der Waals surface area contributed by atoms with Gasteiger partial charge in [0, 0.05) is 0 Å². The van der Waals surface area contributed by atoms with E-state index in [4.69, 9.17) is 0 Å². The third kappa shape index (κ3) is 4.70. The van der Waals surface area contributed by atoms with Crippen molar-refractivity contribution in [1.82, 2.24) is 0 Å². The van der Waals surface area contributed by atoms with Gasteiger partial charge in [-0.3, -0.25) is 0 Å². The first-order valence-electron chi connectivity index (χ1n) is 4.15. The van der Waals surface area contributed by atoms with Crippen molar-refractivity contribution < 1.29 is 40.6 Å². The molecule has 0 aromatic heterocycles. The molecule has 0 aliphatic rings. The molecular formula is C8H9F6O3. The molecule has 0 bridgehead atoms. The molecule has 3 nitrogen and oxygen atoms in total. The Labute approximate surface area is 92.7 Å². The van der Waals surface area contributed by atoms with Gasteiger partial charge in [0.1, 0.15) is 5.60 Å². The molecule has 0 rings (SSSR count). The van der Waals surface area contributed by atoms with Gasteiger partial charge in [-0.2, -0.15) is 26.3 Å². The van der Waals surface area contributed by atoms with Crippen LogP contribution in [0.2, 0.25) is 0 Å². The van der Waals surface area contributed by atoms with E-state index in [1.165, 1.54) is 20.8 Å². The molecule has 0 aromatic rings. The van der Waals surface area contributed by atoms with E-state index in [1.54, 1.807) is 0 Å². The van der Waals surface area contributed by atoms with E-state index in [2.05, 4.69) is 9.47 Å². The maximum atomic E-state index is 12.4. The highest BCUT2D eigenvalue weighted by atomic mass is 19.4. The molecule has 0 N–H and O–H groups in total. The molecule has 9 heteroatoms. The van der Waals surface area contributed by atoms with Crippen molar-refractivity contribution in [3.8, 4) is 0 Å². The fourth-order valence-corrected chi connectivity index (χ4v) is 0.520. The molecule has 0 fully saturated rings. The van der Waals surface area contributed by atoms with Gasteiger partial charge < -0.3 is 9.47 Å². The van der Waals surface area contributed by atoms with Crippen LogP contribution in [0.3, 0.4) is 0 Å². The second-order valence-electron chi connectivity index (χ2n) is 3.91. The second-order valence-corrected chi connectivity index (χ2v) is 3.91. The van der Waals surface area contributed by atoms with Crippen molar-refractivity contribution in [2.45, 2.75) is 38.5 Å². The van der Waals surface area contributed by atoms with Gasteiger partial charge in [0.15, 0.2) is 0 Å². The summed E-state index contributed by atoms with van der Waals surface area (Å²) in [7, 11) is 0. The van der Waals surface area contributed by atoms with E-state index in [1.807, 2.05) is 0 Å². The van der Waals surface area contributed by atoms with E-state index in [-0.39, 0.29) is 0 Å². The highest BCUT2D eigenvalue weighted by Gasteiger charge is 2.67.